The van der Waals surface area contributed by atoms with Crippen LogP contribution >= 0.6 is 0 Å². The number of sulfonamides is 1. The molecule has 1 aromatic rings. The summed E-state index contributed by atoms with van der Waals surface area (Å²) < 4.78 is 28.0. The summed E-state index contributed by atoms with van der Waals surface area (Å²) in [5.41, 5.74) is 0.559. The molecule has 8 heteroatoms. The molecule has 3 N–H and O–H groups in total. The Kier molecular flexibility index (Phi) is 5.00. The summed E-state index contributed by atoms with van der Waals surface area (Å²) in [6.07, 6.45) is 0.712. The first kappa shape index (κ1) is 18.4. The number of amides is 2. The number of aryl methyl sites for hydroxylation is 1. The second-order valence-electron chi connectivity index (χ2n) is 6.64. The zero-order valence-corrected chi connectivity index (χ0v) is 15.1. The van der Waals surface area contributed by atoms with Crippen LogP contribution in [0.2, 0.25) is 0 Å². The lowest BCUT2D eigenvalue weighted by Gasteiger charge is -2.39. The van der Waals surface area contributed by atoms with Crippen LogP contribution in [0.1, 0.15) is 39.2 Å². The number of benzene rings is 1. The van der Waals surface area contributed by atoms with Crippen molar-refractivity contribution in [3.05, 3.63) is 23.8 Å². The third kappa shape index (κ3) is 4.12. The topological polar surface area (TPSA) is 104 Å². The molecule has 2 amide bonds. The van der Waals surface area contributed by atoms with Gasteiger partial charge in [0.2, 0.25) is 21.8 Å². The Morgan fingerprint density at radius 1 is 1.33 bits per heavy atom. The predicted molar refractivity (Wildman–Crippen MR) is 91.0 cm³/mol. The maximum atomic E-state index is 12.7. The Labute approximate surface area is 142 Å². The van der Waals surface area contributed by atoms with Gasteiger partial charge >= 0.3 is 0 Å². The Morgan fingerprint density at radius 2 is 2.00 bits per heavy atom. The van der Waals surface area contributed by atoms with E-state index in [0.717, 1.165) is 5.56 Å². The summed E-state index contributed by atoms with van der Waals surface area (Å²) in [7, 11) is -3.78. The van der Waals surface area contributed by atoms with E-state index in [1.54, 1.807) is 26.8 Å². The molecule has 1 aromatic carbocycles. The lowest BCUT2D eigenvalue weighted by Crippen LogP contribution is -2.61. The number of hydrogen-bond donors (Lipinski definition) is 3. The fourth-order valence-corrected chi connectivity index (χ4v) is 4.14. The zero-order chi connectivity index (χ0) is 18.1. The zero-order valence-electron chi connectivity index (χ0n) is 14.3. The minimum atomic E-state index is -3.78. The Morgan fingerprint density at radius 3 is 2.58 bits per heavy atom. The van der Waals surface area contributed by atoms with E-state index in [1.807, 2.05) is 0 Å². The maximum Gasteiger partial charge on any atom is 0.240 e. The first-order valence-electron chi connectivity index (χ1n) is 7.73. The van der Waals surface area contributed by atoms with Gasteiger partial charge in [-0.05, 0) is 44.9 Å². The van der Waals surface area contributed by atoms with Gasteiger partial charge in [-0.15, -0.1) is 0 Å². The highest BCUT2D eigenvalue weighted by Gasteiger charge is 2.38. The van der Waals surface area contributed by atoms with Gasteiger partial charge in [-0.1, -0.05) is 6.07 Å². The molecule has 0 saturated carbocycles. The van der Waals surface area contributed by atoms with Gasteiger partial charge in [-0.25, -0.2) is 13.1 Å². The van der Waals surface area contributed by atoms with Crippen molar-refractivity contribution in [3.8, 4) is 0 Å². The van der Waals surface area contributed by atoms with Crippen LogP contribution in [-0.4, -0.2) is 31.8 Å². The lowest BCUT2D eigenvalue weighted by atomic mass is 9.88. The molecule has 0 aliphatic carbocycles. The van der Waals surface area contributed by atoms with Crippen LogP contribution in [0.25, 0.3) is 0 Å². The van der Waals surface area contributed by atoms with Gasteiger partial charge in [0.25, 0.3) is 0 Å². The highest BCUT2D eigenvalue weighted by molar-refractivity contribution is 7.89. The van der Waals surface area contributed by atoms with Crippen molar-refractivity contribution in [2.45, 2.75) is 57.0 Å². The van der Waals surface area contributed by atoms with Crippen LogP contribution < -0.4 is 15.4 Å². The van der Waals surface area contributed by atoms with Gasteiger partial charge in [0.05, 0.1) is 10.4 Å². The van der Waals surface area contributed by atoms with Gasteiger partial charge in [0, 0.05) is 25.1 Å². The van der Waals surface area contributed by atoms with Crippen molar-refractivity contribution in [1.82, 2.24) is 10.0 Å². The quantitative estimate of drug-likeness (QED) is 0.758. The van der Waals surface area contributed by atoms with Crippen LogP contribution in [-0.2, 0) is 19.6 Å². The summed E-state index contributed by atoms with van der Waals surface area (Å²) >= 11 is 0. The second-order valence-corrected chi connectivity index (χ2v) is 8.35. The fraction of sp³-hybridized carbons (Fsp3) is 0.500. The Bertz CT molecular complexity index is 772. The van der Waals surface area contributed by atoms with Crippen LogP contribution in [0.3, 0.4) is 0 Å². The van der Waals surface area contributed by atoms with E-state index in [-0.39, 0.29) is 23.1 Å². The molecule has 1 aliphatic heterocycles. The van der Waals surface area contributed by atoms with E-state index in [4.69, 9.17) is 0 Å². The number of rotatable bonds is 4. The average Bonchev–Trinajstić information content (AvgIpc) is 2.43. The first-order chi connectivity index (χ1) is 11.0. The third-order valence-electron chi connectivity index (χ3n) is 4.12. The van der Waals surface area contributed by atoms with Crippen LogP contribution in [0.15, 0.2) is 23.1 Å². The van der Waals surface area contributed by atoms with Gasteiger partial charge in [0.1, 0.15) is 0 Å². The molecule has 1 unspecified atom stereocenters. The van der Waals surface area contributed by atoms with Gasteiger partial charge < -0.3 is 10.6 Å². The normalized spacial score (nSPS) is 20.3. The Hall–Kier alpha value is -1.93. The van der Waals surface area contributed by atoms with E-state index in [2.05, 4.69) is 15.4 Å². The monoisotopic (exact) mass is 353 g/mol. The predicted octanol–water partition coefficient (Wildman–Crippen LogP) is 1.29. The molecule has 1 heterocycles. The number of anilines is 1. The lowest BCUT2D eigenvalue weighted by molar-refractivity contribution is -0.125. The average molecular weight is 353 g/mol. The molecule has 0 spiro atoms. The molecule has 1 atom stereocenters. The molecule has 0 radical (unpaired) electrons. The molecule has 0 bridgehead atoms. The van der Waals surface area contributed by atoms with Crippen LogP contribution in [0.4, 0.5) is 5.69 Å². The van der Waals surface area contributed by atoms with Gasteiger partial charge in [0.15, 0.2) is 0 Å². The van der Waals surface area contributed by atoms with Crippen LogP contribution in [0.5, 0.6) is 0 Å². The smallest absolute Gasteiger partial charge is 0.240 e. The molecule has 1 aliphatic rings. The van der Waals surface area contributed by atoms with Crippen molar-refractivity contribution in [2.75, 3.05) is 5.32 Å². The number of carbonyl (C=O) groups is 2. The second kappa shape index (κ2) is 6.52. The molecular weight excluding hydrogens is 330 g/mol. The molecule has 0 aromatic heterocycles. The molecule has 2 rings (SSSR count). The molecule has 24 heavy (non-hydrogen) atoms. The summed E-state index contributed by atoms with van der Waals surface area (Å²) in [6.45, 7) is 6.73. The molecular formula is C16H23N3O4S. The minimum absolute atomic E-state index is 0.0737. The number of nitrogens with one attached hydrogen (secondary N) is 3. The summed E-state index contributed by atoms with van der Waals surface area (Å²) in [6, 6.07) is 4.17. The molecule has 7 nitrogen and oxygen atoms in total. The minimum Gasteiger partial charge on any atom is -0.350 e. The van der Waals surface area contributed by atoms with Crippen LogP contribution in [0, 0.1) is 6.92 Å². The van der Waals surface area contributed by atoms with Crippen molar-refractivity contribution in [3.63, 3.8) is 0 Å². The highest BCUT2D eigenvalue weighted by Crippen LogP contribution is 2.24. The van der Waals surface area contributed by atoms with Gasteiger partial charge in [-0.3, -0.25) is 9.59 Å². The van der Waals surface area contributed by atoms with E-state index in [0.29, 0.717) is 12.1 Å². The summed E-state index contributed by atoms with van der Waals surface area (Å²) in [4.78, 5) is 22.8. The molecule has 1 saturated heterocycles. The first-order valence-corrected chi connectivity index (χ1v) is 9.21. The third-order valence-corrected chi connectivity index (χ3v) is 5.59. The number of carbonyl (C=O) groups excluding carboxylic acids is 2. The van der Waals surface area contributed by atoms with Crippen molar-refractivity contribution in [1.29, 1.82) is 0 Å². The maximum absolute atomic E-state index is 12.7. The number of piperidine rings is 1. The van der Waals surface area contributed by atoms with E-state index >= 15 is 0 Å². The number of hydrogen-bond acceptors (Lipinski definition) is 4. The van der Waals surface area contributed by atoms with Crippen molar-refractivity contribution in [2.24, 2.45) is 0 Å². The standard InChI is InChI=1S/C16H23N3O4S/c1-10-5-6-12(9-13(10)17-11(2)20)24(22,23)19-14-7-8-15(21)18-16(14,3)4/h5-6,9,14,19H,7-8H2,1-4H3,(H,17,20)(H,18,21). The molecule has 1 fully saturated rings. The SMILES string of the molecule is CC(=O)Nc1cc(S(=O)(=O)NC2CCC(=O)NC2(C)C)ccc1C. The van der Waals surface area contributed by atoms with Crippen molar-refractivity contribution < 1.29 is 18.0 Å². The Balaban J connectivity index is 2.27. The fourth-order valence-electron chi connectivity index (χ4n) is 2.70. The largest absolute Gasteiger partial charge is 0.350 e. The van der Waals surface area contributed by atoms with E-state index in [9.17, 15) is 18.0 Å². The van der Waals surface area contributed by atoms with Crippen molar-refractivity contribution >= 4 is 27.5 Å². The highest BCUT2D eigenvalue weighted by atomic mass is 32.2. The van der Waals surface area contributed by atoms with E-state index in [1.165, 1.54) is 19.1 Å². The van der Waals surface area contributed by atoms with E-state index < -0.39 is 21.6 Å². The summed E-state index contributed by atoms with van der Waals surface area (Å²) in [5, 5.41) is 5.43. The summed E-state index contributed by atoms with van der Waals surface area (Å²) in [5.74, 6) is -0.351. The molecule has 132 valence electrons. The van der Waals surface area contributed by atoms with Gasteiger partial charge in [-0.2, -0.15) is 0 Å².